The maximum atomic E-state index is 12.5. The number of hydrogen-bond donors (Lipinski definition) is 0. The molecule has 6 heteroatoms. The Morgan fingerprint density at radius 2 is 2.04 bits per heavy atom. The van der Waals surface area contributed by atoms with Crippen molar-refractivity contribution in [2.24, 2.45) is 0 Å². The first kappa shape index (κ1) is 17.0. The van der Waals surface area contributed by atoms with Crippen molar-refractivity contribution in [2.45, 2.75) is 33.4 Å². The lowest BCUT2D eigenvalue weighted by atomic mass is 10.1. The minimum atomic E-state index is -0.120. The molecule has 0 saturated carbocycles. The summed E-state index contributed by atoms with van der Waals surface area (Å²) in [7, 11) is 1.73. The normalized spacial score (nSPS) is 11.0. The Bertz CT molecular complexity index is 971. The Morgan fingerprint density at radius 1 is 1.24 bits per heavy atom. The topological polar surface area (TPSA) is 68.3 Å². The summed E-state index contributed by atoms with van der Waals surface area (Å²) in [4.78, 5) is 30.8. The number of nitrogens with zero attached hydrogens (tertiary/aromatic N) is 3. The Kier molecular flexibility index (Phi) is 4.70. The Balaban J connectivity index is 1.68. The molecule has 3 rings (SSSR count). The number of furan rings is 1. The van der Waals surface area contributed by atoms with Crippen LogP contribution in [0.2, 0.25) is 0 Å². The summed E-state index contributed by atoms with van der Waals surface area (Å²) in [5.74, 6) is 1.51. The van der Waals surface area contributed by atoms with E-state index in [-0.39, 0.29) is 17.9 Å². The molecular weight excluding hydrogens is 318 g/mol. The van der Waals surface area contributed by atoms with Gasteiger partial charge < -0.3 is 9.32 Å². The Morgan fingerprint density at radius 3 is 2.76 bits per heavy atom. The summed E-state index contributed by atoms with van der Waals surface area (Å²) in [6.07, 6.45) is 1.75. The molecule has 2 aromatic heterocycles. The second-order valence-corrected chi connectivity index (χ2v) is 6.23. The molecule has 3 aromatic rings. The number of hydrogen-bond acceptors (Lipinski definition) is 4. The molecule has 0 spiro atoms. The first-order valence-electron chi connectivity index (χ1n) is 8.20. The molecule has 130 valence electrons. The van der Waals surface area contributed by atoms with Gasteiger partial charge >= 0.3 is 0 Å². The van der Waals surface area contributed by atoms with Gasteiger partial charge in [0.1, 0.15) is 11.5 Å². The van der Waals surface area contributed by atoms with Crippen molar-refractivity contribution in [3.05, 3.63) is 64.1 Å². The minimum absolute atomic E-state index is 0.0507. The Hall–Kier alpha value is -2.89. The highest BCUT2D eigenvalue weighted by Gasteiger charge is 2.13. The molecule has 0 bridgehead atoms. The first-order chi connectivity index (χ1) is 12.0. The molecule has 0 saturated heterocycles. The number of aromatic nitrogens is 2. The fourth-order valence-corrected chi connectivity index (χ4v) is 2.80. The van der Waals surface area contributed by atoms with Crippen molar-refractivity contribution >= 4 is 16.8 Å². The number of carbonyl (C=O) groups is 1. The van der Waals surface area contributed by atoms with Crippen molar-refractivity contribution in [1.82, 2.24) is 14.5 Å². The summed E-state index contributed by atoms with van der Waals surface area (Å²) < 4.78 is 6.98. The second-order valence-electron chi connectivity index (χ2n) is 6.23. The van der Waals surface area contributed by atoms with Gasteiger partial charge in [-0.2, -0.15) is 0 Å². The molecule has 0 aliphatic rings. The van der Waals surface area contributed by atoms with Gasteiger partial charge in [0, 0.05) is 20.0 Å². The van der Waals surface area contributed by atoms with Crippen LogP contribution in [0, 0.1) is 13.8 Å². The first-order valence-corrected chi connectivity index (χ1v) is 8.20. The van der Waals surface area contributed by atoms with Gasteiger partial charge in [0.25, 0.3) is 5.56 Å². The summed E-state index contributed by atoms with van der Waals surface area (Å²) in [5, 5.41) is 0.578. The zero-order chi connectivity index (χ0) is 18.0. The highest BCUT2D eigenvalue weighted by atomic mass is 16.3. The van der Waals surface area contributed by atoms with Crippen LogP contribution in [-0.4, -0.2) is 27.4 Å². The number of fused-ring (bicyclic) bond motifs is 1. The molecule has 0 N–H and O–H groups in total. The lowest BCUT2D eigenvalue weighted by molar-refractivity contribution is -0.130. The van der Waals surface area contributed by atoms with Crippen molar-refractivity contribution < 1.29 is 9.21 Å². The fourth-order valence-electron chi connectivity index (χ4n) is 2.80. The number of para-hydroxylation sites is 1. The third kappa shape index (κ3) is 3.63. The predicted molar refractivity (Wildman–Crippen MR) is 95.3 cm³/mol. The molecule has 0 fully saturated rings. The van der Waals surface area contributed by atoms with E-state index in [0.717, 1.165) is 17.1 Å². The van der Waals surface area contributed by atoms with Crippen LogP contribution < -0.4 is 5.56 Å². The maximum Gasteiger partial charge on any atom is 0.261 e. The van der Waals surface area contributed by atoms with Gasteiger partial charge in [-0.25, -0.2) is 4.98 Å². The van der Waals surface area contributed by atoms with E-state index < -0.39 is 0 Å². The molecule has 0 unspecified atom stereocenters. The number of amides is 1. The molecule has 0 aliphatic carbocycles. The molecule has 0 radical (unpaired) electrons. The average Bonchev–Trinajstić information content (AvgIpc) is 2.99. The lowest BCUT2D eigenvalue weighted by Gasteiger charge is -2.16. The van der Waals surface area contributed by atoms with Gasteiger partial charge in [0.05, 0.1) is 23.8 Å². The highest BCUT2D eigenvalue weighted by molar-refractivity contribution is 5.80. The fraction of sp³-hybridized carbons (Fsp3) is 0.316. The molecule has 6 nitrogen and oxygen atoms in total. The average molecular weight is 339 g/mol. The number of benzene rings is 1. The monoisotopic (exact) mass is 339 g/mol. The molecular formula is C19H21N3O3. The summed E-state index contributed by atoms with van der Waals surface area (Å²) in [5.41, 5.74) is 1.55. The van der Waals surface area contributed by atoms with Crippen molar-refractivity contribution in [3.8, 4) is 0 Å². The highest BCUT2D eigenvalue weighted by Crippen LogP contribution is 2.12. The molecule has 2 heterocycles. The van der Waals surface area contributed by atoms with Gasteiger partial charge in [-0.3, -0.25) is 14.2 Å². The Labute approximate surface area is 145 Å². The van der Waals surface area contributed by atoms with Crippen LogP contribution >= 0.6 is 0 Å². The molecule has 1 aromatic carbocycles. The van der Waals surface area contributed by atoms with E-state index in [0.29, 0.717) is 24.0 Å². The van der Waals surface area contributed by atoms with Crippen LogP contribution in [0.25, 0.3) is 10.9 Å². The van der Waals surface area contributed by atoms with E-state index in [1.165, 1.54) is 10.9 Å². The van der Waals surface area contributed by atoms with Gasteiger partial charge in [-0.1, -0.05) is 12.1 Å². The van der Waals surface area contributed by atoms with E-state index in [2.05, 4.69) is 4.98 Å². The second kappa shape index (κ2) is 6.93. The smallest absolute Gasteiger partial charge is 0.261 e. The molecule has 0 aliphatic heterocycles. The maximum absolute atomic E-state index is 12.5. The van der Waals surface area contributed by atoms with Crippen LogP contribution in [0.4, 0.5) is 0 Å². The van der Waals surface area contributed by atoms with Crippen LogP contribution in [0.3, 0.4) is 0 Å². The molecule has 0 atom stereocenters. The third-order valence-electron chi connectivity index (χ3n) is 4.24. The van der Waals surface area contributed by atoms with Crippen LogP contribution in [0.15, 0.2) is 45.9 Å². The van der Waals surface area contributed by atoms with Gasteiger partial charge in [-0.15, -0.1) is 0 Å². The number of rotatable bonds is 5. The SMILES string of the molecule is Cc1ccc(CN(C)C(=O)CCn2cnc3c(C)cccc3c2=O)o1. The predicted octanol–water partition coefficient (Wildman–Crippen LogP) is 2.66. The van der Waals surface area contributed by atoms with Crippen molar-refractivity contribution in [2.75, 3.05) is 7.05 Å². The van der Waals surface area contributed by atoms with Crippen LogP contribution in [0.5, 0.6) is 0 Å². The van der Waals surface area contributed by atoms with Crippen molar-refractivity contribution in [1.29, 1.82) is 0 Å². The van der Waals surface area contributed by atoms with Crippen LogP contribution in [-0.2, 0) is 17.9 Å². The quantitative estimate of drug-likeness (QED) is 0.717. The van der Waals surface area contributed by atoms with Crippen LogP contribution in [0.1, 0.15) is 23.5 Å². The minimum Gasteiger partial charge on any atom is -0.464 e. The van der Waals surface area contributed by atoms with E-state index in [4.69, 9.17) is 4.42 Å². The largest absolute Gasteiger partial charge is 0.464 e. The van der Waals surface area contributed by atoms with Crippen molar-refractivity contribution in [3.63, 3.8) is 0 Å². The zero-order valence-corrected chi connectivity index (χ0v) is 14.7. The third-order valence-corrected chi connectivity index (χ3v) is 4.24. The van der Waals surface area contributed by atoms with E-state index >= 15 is 0 Å². The summed E-state index contributed by atoms with van der Waals surface area (Å²) in [6, 6.07) is 9.26. The lowest BCUT2D eigenvalue weighted by Crippen LogP contribution is -2.29. The number of carbonyl (C=O) groups excluding carboxylic acids is 1. The van der Waals surface area contributed by atoms with Gasteiger partial charge in [-0.05, 0) is 37.6 Å². The molecule has 1 amide bonds. The van der Waals surface area contributed by atoms with E-state index in [1.807, 2.05) is 38.1 Å². The summed E-state index contributed by atoms with van der Waals surface area (Å²) >= 11 is 0. The standard InChI is InChI=1S/C19H21N3O3/c1-13-5-4-6-16-18(13)20-12-22(19(16)24)10-9-17(23)21(3)11-15-8-7-14(2)25-15/h4-8,12H,9-11H2,1-3H3. The number of aryl methyl sites for hydroxylation is 3. The van der Waals surface area contributed by atoms with E-state index in [1.54, 1.807) is 18.0 Å². The van der Waals surface area contributed by atoms with Gasteiger partial charge in [0.2, 0.25) is 5.91 Å². The summed E-state index contributed by atoms with van der Waals surface area (Å²) in [6.45, 7) is 4.51. The molecule has 25 heavy (non-hydrogen) atoms. The van der Waals surface area contributed by atoms with Gasteiger partial charge in [0.15, 0.2) is 0 Å². The zero-order valence-electron chi connectivity index (χ0n) is 14.7. The van der Waals surface area contributed by atoms with E-state index in [9.17, 15) is 9.59 Å².